The van der Waals surface area contributed by atoms with E-state index in [0.717, 1.165) is 16.6 Å². The minimum Gasteiger partial charge on any atom is -0.396 e. The predicted octanol–water partition coefficient (Wildman–Crippen LogP) is 3.14. The molecule has 0 fully saturated rings. The SMILES string of the molecule is CCC(C)(C)N(C)C(=O)c1sc2cccnc2c1N. The van der Waals surface area contributed by atoms with Gasteiger partial charge < -0.3 is 10.6 Å². The van der Waals surface area contributed by atoms with E-state index in [4.69, 9.17) is 5.73 Å². The van der Waals surface area contributed by atoms with Crippen molar-refractivity contribution in [2.75, 3.05) is 12.8 Å². The van der Waals surface area contributed by atoms with E-state index < -0.39 is 0 Å². The van der Waals surface area contributed by atoms with E-state index in [1.54, 1.807) is 11.1 Å². The third-order valence-corrected chi connectivity index (χ3v) is 4.90. The van der Waals surface area contributed by atoms with Gasteiger partial charge in [-0.05, 0) is 32.4 Å². The molecule has 0 aromatic carbocycles. The molecule has 19 heavy (non-hydrogen) atoms. The van der Waals surface area contributed by atoms with Crippen molar-refractivity contribution in [3.05, 3.63) is 23.2 Å². The summed E-state index contributed by atoms with van der Waals surface area (Å²) >= 11 is 1.41. The molecule has 0 aliphatic heterocycles. The maximum atomic E-state index is 12.6. The fourth-order valence-corrected chi connectivity index (χ4v) is 2.83. The van der Waals surface area contributed by atoms with Crippen LogP contribution >= 0.6 is 11.3 Å². The van der Waals surface area contributed by atoms with Gasteiger partial charge >= 0.3 is 0 Å². The van der Waals surface area contributed by atoms with Gasteiger partial charge in [-0.25, -0.2) is 0 Å². The van der Waals surface area contributed by atoms with Crippen LogP contribution in [-0.2, 0) is 0 Å². The van der Waals surface area contributed by atoms with Gasteiger partial charge in [0, 0.05) is 18.8 Å². The molecule has 0 radical (unpaired) electrons. The molecule has 2 aromatic rings. The van der Waals surface area contributed by atoms with Crippen LogP contribution in [0.5, 0.6) is 0 Å². The van der Waals surface area contributed by atoms with E-state index in [1.165, 1.54) is 11.3 Å². The van der Waals surface area contributed by atoms with E-state index in [-0.39, 0.29) is 11.4 Å². The van der Waals surface area contributed by atoms with Crippen molar-refractivity contribution in [2.45, 2.75) is 32.7 Å². The lowest BCUT2D eigenvalue weighted by molar-refractivity contribution is 0.0626. The highest BCUT2D eigenvalue weighted by Crippen LogP contribution is 2.33. The summed E-state index contributed by atoms with van der Waals surface area (Å²) in [6, 6.07) is 3.79. The normalized spacial score (nSPS) is 11.8. The van der Waals surface area contributed by atoms with Crippen LogP contribution in [0.15, 0.2) is 18.3 Å². The van der Waals surface area contributed by atoms with Crippen molar-refractivity contribution in [1.82, 2.24) is 9.88 Å². The van der Waals surface area contributed by atoms with E-state index in [9.17, 15) is 4.79 Å². The molecule has 0 saturated heterocycles. The van der Waals surface area contributed by atoms with Crippen molar-refractivity contribution in [3.63, 3.8) is 0 Å². The molecule has 0 aliphatic carbocycles. The molecule has 2 aromatic heterocycles. The van der Waals surface area contributed by atoms with Crippen molar-refractivity contribution in [1.29, 1.82) is 0 Å². The number of thiophene rings is 1. The van der Waals surface area contributed by atoms with Gasteiger partial charge in [0.25, 0.3) is 5.91 Å². The lowest BCUT2D eigenvalue weighted by Crippen LogP contribution is -2.44. The maximum absolute atomic E-state index is 12.6. The lowest BCUT2D eigenvalue weighted by Gasteiger charge is -2.34. The fourth-order valence-electron chi connectivity index (χ4n) is 1.77. The molecule has 102 valence electrons. The first-order chi connectivity index (χ1) is 8.88. The van der Waals surface area contributed by atoms with Gasteiger partial charge in [-0.15, -0.1) is 11.3 Å². The van der Waals surface area contributed by atoms with Gasteiger partial charge in [0.15, 0.2) is 0 Å². The Morgan fingerprint density at radius 1 is 1.53 bits per heavy atom. The number of aromatic nitrogens is 1. The number of rotatable bonds is 3. The smallest absolute Gasteiger partial charge is 0.266 e. The second-order valence-corrected chi connectivity index (χ2v) is 6.28. The number of hydrogen-bond acceptors (Lipinski definition) is 4. The summed E-state index contributed by atoms with van der Waals surface area (Å²) < 4.78 is 0.950. The van der Waals surface area contributed by atoms with E-state index in [2.05, 4.69) is 11.9 Å². The van der Waals surface area contributed by atoms with E-state index >= 15 is 0 Å². The zero-order valence-electron chi connectivity index (χ0n) is 11.7. The molecule has 2 rings (SSSR count). The van der Waals surface area contributed by atoms with Crippen LogP contribution in [0.4, 0.5) is 5.69 Å². The number of hydrogen-bond donors (Lipinski definition) is 1. The second kappa shape index (κ2) is 4.81. The molecule has 2 N–H and O–H groups in total. The largest absolute Gasteiger partial charge is 0.396 e. The molecule has 1 amide bonds. The molecule has 0 saturated carbocycles. The summed E-state index contributed by atoms with van der Waals surface area (Å²) in [5.74, 6) is -0.0349. The Labute approximate surface area is 117 Å². The first-order valence-corrected chi connectivity index (χ1v) is 7.11. The number of carbonyl (C=O) groups excluding carboxylic acids is 1. The second-order valence-electron chi connectivity index (χ2n) is 5.23. The first kappa shape index (κ1) is 13.8. The molecule has 0 aliphatic rings. The van der Waals surface area contributed by atoms with Crippen LogP contribution in [0.2, 0.25) is 0 Å². The monoisotopic (exact) mass is 277 g/mol. The predicted molar refractivity (Wildman–Crippen MR) is 80.5 cm³/mol. The van der Waals surface area contributed by atoms with Gasteiger partial charge in [0.05, 0.1) is 10.4 Å². The van der Waals surface area contributed by atoms with Crippen LogP contribution < -0.4 is 5.73 Å². The summed E-state index contributed by atoms with van der Waals surface area (Å²) in [6.07, 6.45) is 2.58. The zero-order chi connectivity index (χ0) is 14.2. The number of pyridine rings is 1. The highest BCUT2D eigenvalue weighted by atomic mass is 32.1. The topological polar surface area (TPSA) is 59.2 Å². The minimum atomic E-state index is -0.187. The van der Waals surface area contributed by atoms with Crippen molar-refractivity contribution < 1.29 is 4.79 Å². The van der Waals surface area contributed by atoms with Crippen LogP contribution in [0, 0.1) is 0 Å². The standard InChI is InChI=1S/C14H19N3OS/c1-5-14(2,3)17(4)13(18)12-10(15)11-9(19-12)7-6-8-16-11/h6-8H,5,15H2,1-4H3. The summed E-state index contributed by atoms with van der Waals surface area (Å²) in [5, 5.41) is 0. The number of fused-ring (bicyclic) bond motifs is 1. The Bertz CT molecular complexity index is 618. The van der Waals surface area contributed by atoms with Gasteiger partial charge in [0.2, 0.25) is 0 Å². The van der Waals surface area contributed by atoms with Gasteiger partial charge in [0.1, 0.15) is 10.4 Å². The third-order valence-electron chi connectivity index (χ3n) is 3.75. The Hall–Kier alpha value is -1.62. The number of nitrogens with zero attached hydrogens (tertiary/aromatic N) is 2. The molecular formula is C14H19N3OS. The Morgan fingerprint density at radius 3 is 2.79 bits per heavy atom. The van der Waals surface area contributed by atoms with Crippen molar-refractivity contribution in [2.24, 2.45) is 0 Å². The Kier molecular flexibility index (Phi) is 3.49. The summed E-state index contributed by atoms with van der Waals surface area (Å²) in [5.41, 5.74) is 7.09. The van der Waals surface area contributed by atoms with Crippen LogP contribution in [-0.4, -0.2) is 28.4 Å². The highest BCUT2D eigenvalue weighted by Gasteiger charge is 2.29. The summed E-state index contributed by atoms with van der Waals surface area (Å²) in [6.45, 7) is 6.17. The molecule has 2 heterocycles. The van der Waals surface area contributed by atoms with Gasteiger partial charge in [-0.3, -0.25) is 9.78 Å². The van der Waals surface area contributed by atoms with Crippen molar-refractivity contribution >= 4 is 33.1 Å². The van der Waals surface area contributed by atoms with Crippen LogP contribution in [0.1, 0.15) is 36.9 Å². The first-order valence-electron chi connectivity index (χ1n) is 6.29. The summed E-state index contributed by atoms with van der Waals surface area (Å²) in [4.78, 5) is 19.1. The number of nitrogen functional groups attached to an aromatic ring is 1. The maximum Gasteiger partial charge on any atom is 0.266 e. The highest BCUT2D eigenvalue weighted by molar-refractivity contribution is 7.21. The average Bonchev–Trinajstić information content (AvgIpc) is 2.75. The van der Waals surface area contributed by atoms with Crippen LogP contribution in [0.25, 0.3) is 10.2 Å². The Morgan fingerprint density at radius 2 is 2.21 bits per heavy atom. The van der Waals surface area contributed by atoms with Crippen molar-refractivity contribution in [3.8, 4) is 0 Å². The van der Waals surface area contributed by atoms with E-state index in [1.807, 2.05) is 33.0 Å². The Balaban J connectivity index is 2.45. The average molecular weight is 277 g/mol. The van der Waals surface area contributed by atoms with Gasteiger partial charge in [-0.1, -0.05) is 6.92 Å². The lowest BCUT2D eigenvalue weighted by atomic mass is 10.00. The zero-order valence-corrected chi connectivity index (χ0v) is 12.5. The van der Waals surface area contributed by atoms with Crippen LogP contribution in [0.3, 0.4) is 0 Å². The number of nitrogens with two attached hydrogens (primary N) is 1. The number of amides is 1. The number of carbonyl (C=O) groups is 1. The summed E-state index contributed by atoms with van der Waals surface area (Å²) in [7, 11) is 1.82. The molecule has 0 spiro atoms. The fraction of sp³-hybridized carbons (Fsp3) is 0.429. The molecule has 5 heteroatoms. The number of anilines is 1. The molecule has 0 atom stereocenters. The minimum absolute atomic E-state index is 0.0349. The van der Waals surface area contributed by atoms with E-state index in [0.29, 0.717) is 10.6 Å². The molecular weight excluding hydrogens is 258 g/mol. The third kappa shape index (κ3) is 2.30. The molecule has 0 unspecified atom stereocenters. The molecule has 4 nitrogen and oxygen atoms in total. The quantitative estimate of drug-likeness (QED) is 0.937. The van der Waals surface area contributed by atoms with Gasteiger partial charge in [-0.2, -0.15) is 0 Å². The molecule has 0 bridgehead atoms.